The fourth-order valence-electron chi connectivity index (χ4n) is 2.94. The van der Waals surface area contributed by atoms with Gasteiger partial charge in [-0.25, -0.2) is 5.01 Å². The Labute approximate surface area is 102 Å². The summed E-state index contributed by atoms with van der Waals surface area (Å²) in [5, 5.41) is 4.19. The number of carbonyl (C=O) groups excluding carboxylic acids is 1. The lowest BCUT2D eigenvalue weighted by molar-refractivity contribution is -0.142. The first-order chi connectivity index (χ1) is 8.09. The number of nitrogens with zero attached hydrogens (tertiary/aromatic N) is 2. The highest BCUT2D eigenvalue weighted by molar-refractivity contribution is 5.84. The monoisotopic (exact) mass is 230 g/mol. The van der Waals surface area contributed by atoms with Crippen molar-refractivity contribution in [3.8, 4) is 0 Å². The minimum atomic E-state index is -0.229. The molecule has 1 amide bonds. The molecule has 0 aliphatic carbocycles. The highest BCUT2D eigenvalue weighted by Crippen LogP contribution is 2.41. The summed E-state index contributed by atoms with van der Waals surface area (Å²) in [5.74, 6) is 0.267. The van der Waals surface area contributed by atoms with Crippen molar-refractivity contribution in [1.82, 2.24) is 10.0 Å². The van der Waals surface area contributed by atoms with Crippen LogP contribution in [0.2, 0.25) is 0 Å². The van der Waals surface area contributed by atoms with Crippen molar-refractivity contribution in [3.05, 3.63) is 35.9 Å². The molecule has 0 spiro atoms. The zero-order chi connectivity index (χ0) is 12.0. The van der Waals surface area contributed by atoms with Crippen LogP contribution in [-0.2, 0) is 4.79 Å². The second-order valence-electron chi connectivity index (χ2n) is 5.64. The van der Waals surface area contributed by atoms with Crippen LogP contribution in [0.1, 0.15) is 31.9 Å². The van der Waals surface area contributed by atoms with Crippen LogP contribution in [-0.4, -0.2) is 29.0 Å². The number of hydrogen-bond donors (Lipinski definition) is 0. The Kier molecular flexibility index (Phi) is 2.26. The van der Waals surface area contributed by atoms with E-state index in [1.165, 1.54) is 5.56 Å². The Morgan fingerprint density at radius 3 is 2.65 bits per heavy atom. The lowest BCUT2D eigenvalue weighted by Crippen LogP contribution is -2.35. The molecule has 2 heterocycles. The maximum absolute atomic E-state index is 12.4. The number of amides is 1. The maximum atomic E-state index is 12.4. The van der Waals surface area contributed by atoms with Gasteiger partial charge in [0.2, 0.25) is 5.91 Å². The van der Waals surface area contributed by atoms with Gasteiger partial charge < -0.3 is 0 Å². The van der Waals surface area contributed by atoms with Gasteiger partial charge in [0, 0.05) is 13.1 Å². The number of rotatable bonds is 1. The number of hydrogen-bond acceptors (Lipinski definition) is 2. The van der Waals surface area contributed by atoms with Gasteiger partial charge in [-0.1, -0.05) is 30.3 Å². The molecule has 17 heavy (non-hydrogen) atoms. The lowest BCUT2D eigenvalue weighted by atomic mass is 9.92. The van der Waals surface area contributed by atoms with E-state index in [4.69, 9.17) is 0 Å². The summed E-state index contributed by atoms with van der Waals surface area (Å²) in [7, 11) is 0. The van der Waals surface area contributed by atoms with Crippen molar-refractivity contribution >= 4 is 5.91 Å². The average molecular weight is 230 g/mol. The van der Waals surface area contributed by atoms with Crippen LogP contribution in [0.3, 0.4) is 0 Å². The average Bonchev–Trinajstić information content (AvgIpc) is 2.80. The molecule has 90 valence electrons. The molecular weight excluding hydrogens is 212 g/mol. The van der Waals surface area contributed by atoms with Crippen LogP contribution in [0.4, 0.5) is 0 Å². The smallest absolute Gasteiger partial charge is 0.244 e. The van der Waals surface area contributed by atoms with E-state index >= 15 is 0 Å². The van der Waals surface area contributed by atoms with Crippen molar-refractivity contribution < 1.29 is 4.79 Å². The second kappa shape index (κ2) is 3.57. The Morgan fingerprint density at radius 1 is 1.24 bits per heavy atom. The third kappa shape index (κ3) is 1.57. The highest BCUT2D eigenvalue weighted by atomic mass is 16.2. The maximum Gasteiger partial charge on any atom is 0.244 e. The molecule has 1 atom stereocenters. The van der Waals surface area contributed by atoms with Gasteiger partial charge in [0.1, 0.15) is 0 Å². The molecule has 0 bridgehead atoms. The van der Waals surface area contributed by atoms with Gasteiger partial charge in [0.05, 0.1) is 11.5 Å². The summed E-state index contributed by atoms with van der Waals surface area (Å²) in [4.78, 5) is 12.4. The molecule has 2 aliphatic rings. The summed E-state index contributed by atoms with van der Waals surface area (Å²) in [5.41, 5.74) is 1.02. The van der Waals surface area contributed by atoms with Gasteiger partial charge in [-0.05, 0) is 25.8 Å². The first-order valence-electron chi connectivity index (χ1n) is 6.23. The molecule has 0 N–H and O–H groups in total. The van der Waals surface area contributed by atoms with Crippen molar-refractivity contribution in [2.45, 2.75) is 26.3 Å². The van der Waals surface area contributed by atoms with Crippen molar-refractivity contribution in [3.63, 3.8) is 0 Å². The molecule has 1 aromatic rings. The zero-order valence-corrected chi connectivity index (χ0v) is 10.4. The molecular formula is C14H18N2O. The normalized spacial score (nSPS) is 27.5. The van der Waals surface area contributed by atoms with Gasteiger partial charge in [0.25, 0.3) is 0 Å². The molecule has 1 aromatic carbocycles. The van der Waals surface area contributed by atoms with Crippen molar-refractivity contribution in [2.24, 2.45) is 5.41 Å². The number of fused-ring (bicyclic) bond motifs is 1. The predicted molar refractivity (Wildman–Crippen MR) is 66.0 cm³/mol. The van der Waals surface area contributed by atoms with E-state index in [2.05, 4.69) is 17.1 Å². The number of hydrazine groups is 1. The summed E-state index contributed by atoms with van der Waals surface area (Å²) < 4.78 is 0. The first-order valence-corrected chi connectivity index (χ1v) is 6.23. The minimum Gasteiger partial charge on any atom is -0.273 e. The van der Waals surface area contributed by atoms with E-state index in [0.717, 1.165) is 19.5 Å². The van der Waals surface area contributed by atoms with Gasteiger partial charge in [0.15, 0.2) is 0 Å². The molecule has 0 saturated carbocycles. The summed E-state index contributed by atoms with van der Waals surface area (Å²) in [6.45, 7) is 5.93. The third-order valence-corrected chi connectivity index (χ3v) is 3.81. The van der Waals surface area contributed by atoms with E-state index in [9.17, 15) is 4.79 Å². The SMILES string of the molecule is CC1(C)CN2CCC(c3ccccc3)N2C1=O. The van der Waals surface area contributed by atoms with Crippen LogP contribution in [0, 0.1) is 5.41 Å². The van der Waals surface area contributed by atoms with E-state index in [0.29, 0.717) is 0 Å². The van der Waals surface area contributed by atoms with Crippen molar-refractivity contribution in [2.75, 3.05) is 13.1 Å². The van der Waals surface area contributed by atoms with Crippen LogP contribution < -0.4 is 0 Å². The number of carbonyl (C=O) groups is 1. The van der Waals surface area contributed by atoms with Gasteiger partial charge in [-0.15, -0.1) is 0 Å². The first kappa shape index (κ1) is 10.8. The molecule has 3 heteroatoms. The fourth-order valence-corrected chi connectivity index (χ4v) is 2.94. The van der Waals surface area contributed by atoms with Crippen LogP contribution in [0.15, 0.2) is 30.3 Å². The Balaban J connectivity index is 1.93. The Bertz CT molecular complexity index is 441. The van der Waals surface area contributed by atoms with Crippen LogP contribution in [0.25, 0.3) is 0 Å². The predicted octanol–water partition coefficient (Wildman–Crippen LogP) is 2.22. The second-order valence-corrected chi connectivity index (χ2v) is 5.64. The van der Waals surface area contributed by atoms with Crippen LogP contribution >= 0.6 is 0 Å². The molecule has 0 aromatic heterocycles. The minimum absolute atomic E-state index is 0.229. The zero-order valence-electron chi connectivity index (χ0n) is 10.4. The van der Waals surface area contributed by atoms with E-state index in [1.807, 2.05) is 37.1 Å². The van der Waals surface area contributed by atoms with E-state index in [-0.39, 0.29) is 17.4 Å². The molecule has 2 saturated heterocycles. The van der Waals surface area contributed by atoms with Gasteiger partial charge in [-0.3, -0.25) is 9.80 Å². The summed E-state index contributed by atoms with van der Waals surface area (Å²) in [6.07, 6.45) is 1.05. The molecule has 1 unspecified atom stereocenters. The van der Waals surface area contributed by atoms with E-state index in [1.54, 1.807) is 0 Å². The molecule has 2 fully saturated rings. The Morgan fingerprint density at radius 2 is 1.94 bits per heavy atom. The standard InChI is InChI=1S/C14H18N2O/c1-14(2)10-15-9-8-12(16(15)13(14)17)11-6-4-3-5-7-11/h3-7,12H,8-10H2,1-2H3. The topological polar surface area (TPSA) is 23.6 Å². The molecule has 0 radical (unpaired) electrons. The third-order valence-electron chi connectivity index (χ3n) is 3.81. The number of benzene rings is 1. The Hall–Kier alpha value is -1.35. The largest absolute Gasteiger partial charge is 0.273 e. The lowest BCUT2D eigenvalue weighted by Gasteiger charge is -2.26. The summed E-state index contributed by atoms with van der Waals surface area (Å²) in [6, 6.07) is 10.6. The van der Waals surface area contributed by atoms with Gasteiger partial charge >= 0.3 is 0 Å². The highest BCUT2D eigenvalue weighted by Gasteiger charge is 2.50. The molecule has 3 rings (SSSR count). The van der Waals surface area contributed by atoms with Crippen molar-refractivity contribution in [1.29, 1.82) is 0 Å². The van der Waals surface area contributed by atoms with Gasteiger partial charge in [-0.2, -0.15) is 0 Å². The quantitative estimate of drug-likeness (QED) is 0.738. The fraction of sp³-hybridized carbons (Fsp3) is 0.500. The van der Waals surface area contributed by atoms with Crippen LogP contribution in [0.5, 0.6) is 0 Å². The van der Waals surface area contributed by atoms with E-state index < -0.39 is 0 Å². The molecule has 2 aliphatic heterocycles. The summed E-state index contributed by atoms with van der Waals surface area (Å²) >= 11 is 0. The molecule has 3 nitrogen and oxygen atoms in total.